The Balaban J connectivity index is 3.21. The predicted molar refractivity (Wildman–Crippen MR) is 50.8 cm³/mol. The van der Waals surface area contributed by atoms with Gasteiger partial charge in [0.15, 0.2) is 0 Å². The number of aromatic hydroxyl groups is 1. The molecule has 1 atom stereocenters. The summed E-state index contributed by atoms with van der Waals surface area (Å²) >= 11 is 5.62. The summed E-state index contributed by atoms with van der Waals surface area (Å²) in [6, 6.07) is -0.0124. The average Bonchev–Trinajstić information content (AvgIpc) is 2.08. The number of nitrogens with two attached hydrogens (primary N) is 1. The highest BCUT2D eigenvalue weighted by Crippen LogP contribution is 2.37. The van der Waals surface area contributed by atoms with E-state index in [2.05, 4.69) is 0 Å². The fourth-order valence-corrected chi connectivity index (χ4v) is 1.28. The second-order valence-corrected chi connectivity index (χ2v) is 3.59. The zero-order chi connectivity index (χ0) is 11.8. The smallest absolute Gasteiger partial charge is 0.407 e. The van der Waals surface area contributed by atoms with Crippen LogP contribution in [0, 0.1) is 6.92 Å². The first-order chi connectivity index (χ1) is 6.73. The highest BCUT2D eigenvalue weighted by molar-refractivity contribution is 6.31. The van der Waals surface area contributed by atoms with Crippen LogP contribution in [-0.4, -0.2) is 11.3 Å². The van der Waals surface area contributed by atoms with Crippen molar-refractivity contribution in [3.63, 3.8) is 0 Å². The second-order valence-electron chi connectivity index (χ2n) is 3.18. The van der Waals surface area contributed by atoms with E-state index in [9.17, 15) is 18.3 Å². The molecule has 0 spiro atoms. The fourth-order valence-electron chi connectivity index (χ4n) is 1.12. The van der Waals surface area contributed by atoms with E-state index in [0.29, 0.717) is 5.56 Å². The van der Waals surface area contributed by atoms with Crippen molar-refractivity contribution in [3.05, 3.63) is 28.3 Å². The van der Waals surface area contributed by atoms with Gasteiger partial charge in [0, 0.05) is 10.6 Å². The van der Waals surface area contributed by atoms with Gasteiger partial charge in [-0.2, -0.15) is 13.2 Å². The van der Waals surface area contributed by atoms with Gasteiger partial charge in [0.2, 0.25) is 0 Å². The highest BCUT2D eigenvalue weighted by Gasteiger charge is 2.39. The molecule has 84 valence electrons. The van der Waals surface area contributed by atoms with Crippen LogP contribution in [0.25, 0.3) is 0 Å². The summed E-state index contributed by atoms with van der Waals surface area (Å²) in [5, 5.41) is 9.48. The summed E-state index contributed by atoms with van der Waals surface area (Å²) in [6.07, 6.45) is -4.59. The molecule has 1 aromatic carbocycles. The van der Waals surface area contributed by atoms with Gasteiger partial charge in [-0.3, -0.25) is 0 Å². The van der Waals surface area contributed by atoms with Crippen molar-refractivity contribution in [1.29, 1.82) is 0 Å². The van der Waals surface area contributed by atoms with Gasteiger partial charge in [-0.25, -0.2) is 0 Å². The first-order valence-corrected chi connectivity index (χ1v) is 4.42. The Labute approximate surface area is 89.5 Å². The van der Waals surface area contributed by atoms with Gasteiger partial charge in [0.25, 0.3) is 0 Å². The number of hydrogen-bond acceptors (Lipinski definition) is 2. The van der Waals surface area contributed by atoms with Gasteiger partial charge in [0.05, 0.1) is 0 Å². The molecule has 0 radical (unpaired) electrons. The van der Waals surface area contributed by atoms with E-state index in [-0.39, 0.29) is 10.6 Å². The lowest BCUT2D eigenvalue weighted by Crippen LogP contribution is -2.28. The summed E-state index contributed by atoms with van der Waals surface area (Å²) in [5.74, 6) is -0.546. The van der Waals surface area contributed by atoms with Gasteiger partial charge in [0.1, 0.15) is 11.8 Å². The zero-order valence-electron chi connectivity index (χ0n) is 7.77. The normalized spacial score (nSPS) is 14.0. The van der Waals surface area contributed by atoms with Crippen molar-refractivity contribution < 1.29 is 18.3 Å². The largest absolute Gasteiger partial charge is 0.508 e. The van der Waals surface area contributed by atoms with E-state index in [1.807, 2.05) is 0 Å². The summed E-state index contributed by atoms with van der Waals surface area (Å²) in [5.41, 5.74) is 5.03. The van der Waals surface area contributed by atoms with Gasteiger partial charge in [-0.1, -0.05) is 11.6 Å². The highest BCUT2D eigenvalue weighted by atomic mass is 35.5. The molecular weight excluding hydrogens is 231 g/mol. The molecule has 0 bridgehead atoms. The molecule has 0 aliphatic rings. The number of alkyl halides is 3. The predicted octanol–water partition coefficient (Wildman–Crippen LogP) is 2.92. The fraction of sp³-hybridized carbons (Fsp3) is 0.333. The van der Waals surface area contributed by atoms with Crippen LogP contribution in [0.5, 0.6) is 5.75 Å². The van der Waals surface area contributed by atoms with Crippen LogP contribution in [0.4, 0.5) is 13.2 Å². The lowest BCUT2D eigenvalue weighted by atomic mass is 10.0. The summed E-state index contributed by atoms with van der Waals surface area (Å²) in [7, 11) is 0. The molecule has 0 saturated carbocycles. The Bertz CT molecular complexity index is 378. The van der Waals surface area contributed by atoms with E-state index in [0.717, 1.165) is 12.1 Å². The van der Waals surface area contributed by atoms with Gasteiger partial charge < -0.3 is 10.8 Å². The van der Waals surface area contributed by atoms with Crippen LogP contribution in [0.2, 0.25) is 5.02 Å². The number of halogens is 4. The lowest BCUT2D eigenvalue weighted by molar-refractivity contribution is -0.149. The Kier molecular flexibility index (Phi) is 3.16. The minimum absolute atomic E-state index is 0.200. The van der Waals surface area contributed by atoms with Crippen molar-refractivity contribution in [2.45, 2.75) is 19.1 Å². The number of phenolic OH excluding ortho intramolecular Hbond substituents is 1. The minimum Gasteiger partial charge on any atom is -0.508 e. The third-order valence-corrected chi connectivity index (χ3v) is 2.40. The zero-order valence-corrected chi connectivity index (χ0v) is 8.52. The molecule has 0 saturated heterocycles. The van der Waals surface area contributed by atoms with E-state index in [1.54, 1.807) is 0 Å². The maximum absolute atomic E-state index is 12.3. The molecule has 0 aliphatic carbocycles. The second kappa shape index (κ2) is 3.90. The van der Waals surface area contributed by atoms with Gasteiger partial charge >= 0.3 is 6.18 Å². The molecule has 1 rings (SSSR count). The van der Waals surface area contributed by atoms with Crippen LogP contribution in [0.3, 0.4) is 0 Å². The van der Waals surface area contributed by atoms with Crippen molar-refractivity contribution in [2.75, 3.05) is 0 Å². The monoisotopic (exact) mass is 239 g/mol. The molecule has 3 N–H and O–H groups in total. The van der Waals surface area contributed by atoms with E-state index >= 15 is 0 Å². The number of benzene rings is 1. The topological polar surface area (TPSA) is 46.2 Å². The maximum Gasteiger partial charge on any atom is 0.407 e. The van der Waals surface area contributed by atoms with Gasteiger partial charge in [-0.15, -0.1) is 0 Å². The SMILES string of the molecule is Cc1cc([C@H](N)C(F)(F)F)c(O)cc1Cl. The van der Waals surface area contributed by atoms with Crippen molar-refractivity contribution in [3.8, 4) is 5.75 Å². The van der Waals surface area contributed by atoms with Gasteiger partial charge in [-0.05, 0) is 24.6 Å². The Morgan fingerprint density at radius 3 is 2.40 bits per heavy atom. The van der Waals surface area contributed by atoms with E-state index in [4.69, 9.17) is 17.3 Å². The third kappa shape index (κ3) is 2.54. The number of aryl methyl sites for hydroxylation is 1. The molecule has 6 heteroatoms. The van der Waals surface area contributed by atoms with Crippen molar-refractivity contribution in [1.82, 2.24) is 0 Å². The molecule has 0 aliphatic heterocycles. The Morgan fingerprint density at radius 1 is 1.40 bits per heavy atom. The number of phenols is 1. The number of rotatable bonds is 1. The maximum atomic E-state index is 12.3. The molecule has 0 amide bonds. The standard InChI is InChI=1S/C9H9ClF3NO/c1-4-2-5(7(15)3-6(4)10)8(14)9(11,12)13/h2-3,8,15H,14H2,1H3/t8-/m0/s1. The minimum atomic E-state index is -4.59. The number of hydrogen-bond donors (Lipinski definition) is 2. The molecule has 1 aromatic rings. The third-order valence-electron chi connectivity index (χ3n) is 2.00. The lowest BCUT2D eigenvalue weighted by Gasteiger charge is -2.17. The van der Waals surface area contributed by atoms with Crippen LogP contribution in [0.1, 0.15) is 17.2 Å². The molecule has 0 aromatic heterocycles. The van der Waals surface area contributed by atoms with E-state index < -0.39 is 18.0 Å². The molecule has 0 unspecified atom stereocenters. The molecule has 2 nitrogen and oxygen atoms in total. The average molecular weight is 240 g/mol. The molecule has 0 heterocycles. The van der Waals surface area contributed by atoms with Crippen LogP contribution < -0.4 is 5.73 Å². The Hall–Kier alpha value is -0.940. The first kappa shape index (κ1) is 12.1. The molecule has 0 fully saturated rings. The van der Waals surface area contributed by atoms with Crippen molar-refractivity contribution >= 4 is 11.6 Å². The Morgan fingerprint density at radius 2 is 1.93 bits per heavy atom. The van der Waals surface area contributed by atoms with Crippen LogP contribution in [0.15, 0.2) is 12.1 Å². The molecular formula is C9H9ClF3NO. The van der Waals surface area contributed by atoms with Crippen LogP contribution >= 0.6 is 11.6 Å². The quantitative estimate of drug-likeness (QED) is 0.792. The summed E-state index contributed by atoms with van der Waals surface area (Å²) < 4.78 is 36.8. The molecule has 15 heavy (non-hydrogen) atoms. The van der Waals surface area contributed by atoms with E-state index in [1.165, 1.54) is 6.92 Å². The summed E-state index contributed by atoms with van der Waals surface area (Å²) in [4.78, 5) is 0. The van der Waals surface area contributed by atoms with Crippen molar-refractivity contribution in [2.24, 2.45) is 5.73 Å². The first-order valence-electron chi connectivity index (χ1n) is 4.04. The van der Waals surface area contributed by atoms with Crippen LogP contribution in [-0.2, 0) is 0 Å². The summed E-state index contributed by atoms with van der Waals surface area (Å²) in [6.45, 7) is 1.54.